The minimum Gasteiger partial charge on any atom is -0.461 e. The zero-order valence-corrected chi connectivity index (χ0v) is 13.6. The van der Waals surface area contributed by atoms with Gasteiger partial charge in [-0.15, -0.1) is 0 Å². The van der Waals surface area contributed by atoms with Gasteiger partial charge in [-0.3, -0.25) is 14.6 Å². The molecule has 6 nitrogen and oxygen atoms in total. The van der Waals surface area contributed by atoms with Crippen molar-refractivity contribution < 1.29 is 13.9 Å². The molecule has 3 heterocycles. The van der Waals surface area contributed by atoms with Crippen molar-refractivity contribution in [3.05, 3.63) is 17.8 Å². The smallest absolute Gasteiger partial charge is 0.323 e. The molecular weight excluding hydrogens is 282 g/mol. The first-order valence-corrected chi connectivity index (χ1v) is 8.15. The second kappa shape index (κ2) is 6.38. The molecule has 0 bridgehead atoms. The number of esters is 1. The van der Waals surface area contributed by atoms with E-state index in [1.165, 1.54) is 0 Å². The lowest BCUT2D eigenvalue weighted by atomic mass is 10.1. The molecule has 3 rings (SSSR count). The third-order valence-corrected chi connectivity index (χ3v) is 4.74. The fourth-order valence-corrected chi connectivity index (χ4v) is 3.37. The molecule has 0 saturated carbocycles. The van der Waals surface area contributed by atoms with Crippen molar-refractivity contribution in [3.63, 3.8) is 0 Å². The van der Waals surface area contributed by atoms with Gasteiger partial charge in [-0.2, -0.15) is 0 Å². The molecule has 0 unspecified atom stereocenters. The maximum atomic E-state index is 11.9. The monoisotopic (exact) mass is 307 g/mol. The van der Waals surface area contributed by atoms with Crippen LogP contribution in [0, 0.1) is 0 Å². The largest absolute Gasteiger partial charge is 0.461 e. The van der Waals surface area contributed by atoms with Crippen molar-refractivity contribution in [2.24, 2.45) is 0 Å². The number of nitrogens with zero attached hydrogens (tertiary/aromatic N) is 3. The summed E-state index contributed by atoms with van der Waals surface area (Å²) in [6.45, 7) is 6.59. The summed E-state index contributed by atoms with van der Waals surface area (Å²) in [4.78, 5) is 20.7. The number of carbonyl (C=O) groups excluding carboxylic acids is 1. The van der Waals surface area contributed by atoms with Crippen LogP contribution in [0.3, 0.4) is 0 Å². The molecule has 0 radical (unpaired) electrons. The van der Waals surface area contributed by atoms with Gasteiger partial charge < -0.3 is 9.15 Å². The van der Waals surface area contributed by atoms with Crippen molar-refractivity contribution in [2.75, 3.05) is 20.1 Å². The molecule has 0 spiro atoms. The quantitative estimate of drug-likeness (QED) is 0.767. The maximum absolute atomic E-state index is 11.9. The van der Waals surface area contributed by atoms with Crippen LogP contribution in [0.1, 0.15) is 38.3 Å². The third kappa shape index (κ3) is 3.17. The fraction of sp³-hybridized carbons (Fsp3) is 0.750. The van der Waals surface area contributed by atoms with E-state index in [9.17, 15) is 4.79 Å². The molecule has 2 saturated heterocycles. The highest BCUT2D eigenvalue weighted by Gasteiger charge is 2.40. The number of ether oxygens (including phenoxy) is 1. The van der Waals surface area contributed by atoms with E-state index in [2.05, 4.69) is 28.8 Å². The normalized spacial score (nSPS) is 29.5. The highest BCUT2D eigenvalue weighted by atomic mass is 16.6. The summed E-state index contributed by atoms with van der Waals surface area (Å²) in [7, 11) is 2.10. The van der Waals surface area contributed by atoms with Gasteiger partial charge in [-0.1, -0.05) is 6.92 Å². The predicted molar refractivity (Wildman–Crippen MR) is 81.3 cm³/mol. The van der Waals surface area contributed by atoms with Gasteiger partial charge >= 0.3 is 5.97 Å². The molecule has 3 atom stereocenters. The van der Waals surface area contributed by atoms with E-state index >= 15 is 0 Å². The van der Waals surface area contributed by atoms with Crippen LogP contribution < -0.4 is 0 Å². The number of likely N-dealkylation sites (tertiary alicyclic amines) is 1. The van der Waals surface area contributed by atoms with Gasteiger partial charge in [0.2, 0.25) is 5.89 Å². The molecule has 2 aliphatic rings. The topological polar surface area (TPSA) is 58.8 Å². The molecule has 0 amide bonds. The number of likely N-dealkylation sites (N-methyl/N-ethyl adjacent to an activating group) is 1. The van der Waals surface area contributed by atoms with E-state index in [-0.39, 0.29) is 18.1 Å². The Balaban J connectivity index is 1.54. The molecule has 0 aromatic carbocycles. The predicted octanol–water partition coefficient (Wildman–Crippen LogP) is 1.45. The number of oxazole rings is 1. The van der Waals surface area contributed by atoms with Crippen LogP contribution in [0.25, 0.3) is 0 Å². The van der Waals surface area contributed by atoms with Gasteiger partial charge in [0.15, 0.2) is 0 Å². The van der Waals surface area contributed by atoms with Crippen molar-refractivity contribution in [3.8, 4) is 0 Å². The van der Waals surface area contributed by atoms with Crippen molar-refractivity contribution >= 4 is 5.97 Å². The zero-order valence-electron chi connectivity index (χ0n) is 13.6. The summed E-state index contributed by atoms with van der Waals surface area (Å²) in [6, 6.07) is 0.377. The van der Waals surface area contributed by atoms with E-state index in [0.717, 1.165) is 44.0 Å². The number of hydrogen-bond donors (Lipinski definition) is 0. The number of carbonyl (C=O) groups is 1. The molecule has 22 heavy (non-hydrogen) atoms. The summed E-state index contributed by atoms with van der Waals surface area (Å²) in [5, 5.41) is 0. The summed E-state index contributed by atoms with van der Waals surface area (Å²) in [5.41, 5.74) is 0. The van der Waals surface area contributed by atoms with Gasteiger partial charge in [0, 0.05) is 32.0 Å². The highest BCUT2D eigenvalue weighted by Crippen LogP contribution is 2.25. The van der Waals surface area contributed by atoms with E-state index in [4.69, 9.17) is 9.15 Å². The van der Waals surface area contributed by atoms with Crippen molar-refractivity contribution in [2.45, 2.75) is 57.8 Å². The Labute approximate surface area is 131 Å². The van der Waals surface area contributed by atoms with Crippen LogP contribution >= 0.6 is 0 Å². The molecule has 1 aromatic heterocycles. The average molecular weight is 307 g/mol. The minimum atomic E-state index is -0.0592. The lowest BCUT2D eigenvalue weighted by molar-refractivity contribution is -0.144. The molecule has 2 aliphatic heterocycles. The molecular formula is C16H25N3O3. The first-order valence-electron chi connectivity index (χ1n) is 8.15. The number of hydrogen-bond acceptors (Lipinski definition) is 6. The van der Waals surface area contributed by atoms with Gasteiger partial charge in [-0.05, 0) is 20.4 Å². The Bertz CT molecular complexity index is 530. The van der Waals surface area contributed by atoms with E-state index in [0.29, 0.717) is 12.6 Å². The SMILES string of the molecule is CCc1cnc(CN(C)[C@@H]2CCN([C@@H]3C[C@@H](C)OC3=O)C2)o1. The number of aromatic nitrogens is 1. The Morgan fingerprint density at radius 3 is 2.95 bits per heavy atom. The Morgan fingerprint density at radius 1 is 1.50 bits per heavy atom. The maximum Gasteiger partial charge on any atom is 0.323 e. The summed E-state index contributed by atoms with van der Waals surface area (Å²) in [6.07, 6.45) is 4.61. The first kappa shape index (κ1) is 15.5. The van der Waals surface area contributed by atoms with E-state index in [1.54, 1.807) is 6.20 Å². The lowest BCUT2D eigenvalue weighted by Gasteiger charge is -2.24. The molecule has 6 heteroatoms. The lowest BCUT2D eigenvalue weighted by Crippen LogP contribution is -2.40. The van der Waals surface area contributed by atoms with Crippen LogP contribution in [0.5, 0.6) is 0 Å². The molecule has 2 fully saturated rings. The Morgan fingerprint density at radius 2 is 2.32 bits per heavy atom. The summed E-state index contributed by atoms with van der Waals surface area (Å²) >= 11 is 0. The summed E-state index contributed by atoms with van der Waals surface area (Å²) < 4.78 is 11.0. The Kier molecular flexibility index (Phi) is 4.49. The molecule has 1 aromatic rings. The van der Waals surface area contributed by atoms with E-state index in [1.807, 2.05) is 6.92 Å². The van der Waals surface area contributed by atoms with Gasteiger partial charge in [0.1, 0.15) is 17.9 Å². The van der Waals surface area contributed by atoms with Crippen LogP contribution in [0.4, 0.5) is 0 Å². The second-order valence-corrected chi connectivity index (χ2v) is 6.43. The van der Waals surface area contributed by atoms with Crippen LogP contribution in [-0.4, -0.2) is 59.1 Å². The summed E-state index contributed by atoms with van der Waals surface area (Å²) in [5.74, 6) is 1.64. The fourth-order valence-electron chi connectivity index (χ4n) is 3.37. The van der Waals surface area contributed by atoms with Gasteiger partial charge in [0.25, 0.3) is 0 Å². The number of rotatable bonds is 5. The third-order valence-electron chi connectivity index (χ3n) is 4.74. The van der Waals surface area contributed by atoms with E-state index < -0.39 is 0 Å². The first-order chi connectivity index (χ1) is 10.6. The average Bonchev–Trinajstić information content (AvgIpc) is 3.18. The standard InChI is InChI=1S/C16H25N3O3/c1-4-13-8-17-15(22-13)10-18(3)12-5-6-19(9-12)14-7-11(2)21-16(14)20/h8,11-12,14H,4-7,9-10H2,1-3H3/t11-,12-,14-/m1/s1. The van der Waals surface area contributed by atoms with Gasteiger partial charge in [-0.25, -0.2) is 4.98 Å². The second-order valence-electron chi connectivity index (χ2n) is 6.43. The molecule has 0 aliphatic carbocycles. The number of cyclic esters (lactones) is 1. The highest BCUT2D eigenvalue weighted by molar-refractivity contribution is 5.78. The van der Waals surface area contributed by atoms with Gasteiger partial charge in [0.05, 0.1) is 12.7 Å². The molecule has 122 valence electrons. The molecule has 0 N–H and O–H groups in total. The van der Waals surface area contributed by atoms with Crippen LogP contribution in [0.2, 0.25) is 0 Å². The van der Waals surface area contributed by atoms with Crippen LogP contribution in [0.15, 0.2) is 10.6 Å². The van der Waals surface area contributed by atoms with Crippen LogP contribution in [-0.2, 0) is 22.5 Å². The number of aryl methyl sites for hydroxylation is 1. The van der Waals surface area contributed by atoms with Crippen molar-refractivity contribution in [1.82, 2.24) is 14.8 Å². The van der Waals surface area contributed by atoms with Crippen molar-refractivity contribution in [1.29, 1.82) is 0 Å². The Hall–Kier alpha value is -1.40. The minimum absolute atomic E-state index is 0.0501. The zero-order chi connectivity index (χ0) is 15.7.